The highest BCUT2D eigenvalue weighted by molar-refractivity contribution is 6.03. The van der Waals surface area contributed by atoms with Gasteiger partial charge in [-0.2, -0.15) is 5.10 Å². The van der Waals surface area contributed by atoms with Crippen LogP contribution in [0.25, 0.3) is 0 Å². The van der Waals surface area contributed by atoms with Gasteiger partial charge in [-0.05, 0) is 36.5 Å². The molecule has 1 aromatic carbocycles. The number of aromatic amines is 1. The van der Waals surface area contributed by atoms with Crippen LogP contribution in [0.4, 0.5) is 5.82 Å². The van der Waals surface area contributed by atoms with Crippen molar-refractivity contribution in [3.63, 3.8) is 0 Å². The summed E-state index contributed by atoms with van der Waals surface area (Å²) in [6, 6.07) is 9.69. The second kappa shape index (κ2) is 5.26. The molecule has 4 nitrogen and oxygen atoms in total. The summed E-state index contributed by atoms with van der Waals surface area (Å²) >= 11 is 0. The SMILES string of the molecule is O=C(Nc1ccn[nH]1)c1ccc(C2CCCC2)cc1. The molecule has 19 heavy (non-hydrogen) atoms. The Bertz CT molecular complexity index is 539. The molecule has 0 aliphatic heterocycles. The molecule has 1 aliphatic carbocycles. The number of hydrogen-bond donors (Lipinski definition) is 2. The van der Waals surface area contributed by atoms with Gasteiger partial charge in [-0.25, -0.2) is 0 Å². The van der Waals surface area contributed by atoms with Gasteiger partial charge in [-0.3, -0.25) is 9.89 Å². The number of benzene rings is 1. The molecule has 1 amide bonds. The Labute approximate surface area is 112 Å². The smallest absolute Gasteiger partial charge is 0.256 e. The Morgan fingerprint density at radius 3 is 2.53 bits per heavy atom. The standard InChI is InChI=1S/C15H17N3O/c19-15(17-14-9-10-16-18-14)13-7-5-12(6-8-13)11-3-1-2-4-11/h5-11H,1-4H2,(H2,16,17,18,19). The second-order valence-electron chi connectivity index (χ2n) is 5.03. The van der Waals surface area contributed by atoms with Crippen LogP contribution in [0, 0.1) is 0 Å². The van der Waals surface area contributed by atoms with Crippen LogP contribution in [-0.2, 0) is 0 Å². The number of nitrogens with zero attached hydrogens (tertiary/aromatic N) is 1. The van der Waals surface area contributed by atoms with E-state index >= 15 is 0 Å². The predicted octanol–water partition coefficient (Wildman–Crippen LogP) is 3.32. The summed E-state index contributed by atoms with van der Waals surface area (Å²) in [7, 11) is 0. The van der Waals surface area contributed by atoms with E-state index in [9.17, 15) is 4.79 Å². The fourth-order valence-electron chi connectivity index (χ4n) is 2.69. The highest BCUT2D eigenvalue weighted by Gasteiger charge is 2.17. The molecule has 0 bridgehead atoms. The second-order valence-corrected chi connectivity index (χ2v) is 5.03. The maximum absolute atomic E-state index is 12.0. The summed E-state index contributed by atoms with van der Waals surface area (Å²) in [5, 5.41) is 9.28. The molecule has 2 aromatic rings. The van der Waals surface area contributed by atoms with Crippen molar-refractivity contribution in [1.82, 2.24) is 10.2 Å². The fourth-order valence-corrected chi connectivity index (χ4v) is 2.69. The van der Waals surface area contributed by atoms with E-state index in [4.69, 9.17) is 0 Å². The highest BCUT2D eigenvalue weighted by atomic mass is 16.1. The molecule has 1 aliphatic rings. The summed E-state index contributed by atoms with van der Waals surface area (Å²) in [5.74, 6) is 1.19. The number of aromatic nitrogens is 2. The van der Waals surface area contributed by atoms with Gasteiger partial charge in [0.25, 0.3) is 5.91 Å². The molecule has 1 saturated carbocycles. The van der Waals surface area contributed by atoms with Crippen molar-refractivity contribution in [1.29, 1.82) is 0 Å². The molecule has 1 fully saturated rings. The average molecular weight is 255 g/mol. The van der Waals surface area contributed by atoms with Gasteiger partial charge < -0.3 is 5.32 Å². The zero-order chi connectivity index (χ0) is 13.1. The zero-order valence-corrected chi connectivity index (χ0v) is 10.7. The van der Waals surface area contributed by atoms with Crippen LogP contribution in [0.2, 0.25) is 0 Å². The van der Waals surface area contributed by atoms with Gasteiger partial charge in [0.15, 0.2) is 0 Å². The van der Waals surface area contributed by atoms with Crippen LogP contribution in [0.1, 0.15) is 47.5 Å². The van der Waals surface area contributed by atoms with Crippen molar-refractivity contribution in [2.45, 2.75) is 31.6 Å². The first-order chi connectivity index (χ1) is 9.33. The third kappa shape index (κ3) is 2.67. The van der Waals surface area contributed by atoms with Crippen LogP contribution in [0.5, 0.6) is 0 Å². The molecular formula is C15H17N3O. The van der Waals surface area contributed by atoms with Crippen molar-refractivity contribution in [3.05, 3.63) is 47.7 Å². The van der Waals surface area contributed by atoms with E-state index in [2.05, 4.69) is 27.6 Å². The maximum Gasteiger partial charge on any atom is 0.256 e. The Morgan fingerprint density at radius 2 is 1.89 bits per heavy atom. The van der Waals surface area contributed by atoms with E-state index in [1.165, 1.54) is 31.2 Å². The lowest BCUT2D eigenvalue weighted by molar-refractivity contribution is 0.102. The Hall–Kier alpha value is -2.10. The van der Waals surface area contributed by atoms with E-state index in [-0.39, 0.29) is 5.91 Å². The third-order valence-electron chi connectivity index (χ3n) is 3.75. The normalized spacial score (nSPS) is 15.6. The first-order valence-corrected chi connectivity index (χ1v) is 6.73. The Kier molecular flexibility index (Phi) is 3.31. The number of anilines is 1. The number of carbonyl (C=O) groups is 1. The maximum atomic E-state index is 12.0. The third-order valence-corrected chi connectivity index (χ3v) is 3.75. The molecule has 98 valence electrons. The summed E-state index contributed by atoms with van der Waals surface area (Å²) in [4.78, 5) is 12.0. The van der Waals surface area contributed by atoms with E-state index in [1.54, 1.807) is 12.3 Å². The summed E-state index contributed by atoms with van der Waals surface area (Å²) in [5.41, 5.74) is 2.03. The van der Waals surface area contributed by atoms with Gasteiger partial charge in [0, 0.05) is 11.6 Å². The molecule has 3 rings (SSSR count). The predicted molar refractivity (Wildman–Crippen MR) is 74.2 cm³/mol. The molecule has 1 heterocycles. The van der Waals surface area contributed by atoms with Crippen LogP contribution in [0.3, 0.4) is 0 Å². The molecule has 0 atom stereocenters. The average Bonchev–Trinajstić information content (AvgIpc) is 3.12. The van der Waals surface area contributed by atoms with Crippen molar-refractivity contribution in [3.8, 4) is 0 Å². The zero-order valence-electron chi connectivity index (χ0n) is 10.7. The van der Waals surface area contributed by atoms with Crippen LogP contribution >= 0.6 is 0 Å². The fraction of sp³-hybridized carbons (Fsp3) is 0.333. The van der Waals surface area contributed by atoms with Crippen molar-refractivity contribution < 1.29 is 4.79 Å². The number of carbonyl (C=O) groups excluding carboxylic acids is 1. The topological polar surface area (TPSA) is 57.8 Å². The van der Waals surface area contributed by atoms with Gasteiger partial charge >= 0.3 is 0 Å². The number of nitrogens with one attached hydrogen (secondary N) is 2. The molecule has 0 radical (unpaired) electrons. The van der Waals surface area contributed by atoms with Crippen molar-refractivity contribution >= 4 is 11.7 Å². The Balaban J connectivity index is 1.69. The number of amides is 1. The Morgan fingerprint density at radius 1 is 1.16 bits per heavy atom. The van der Waals surface area contributed by atoms with Gasteiger partial charge in [0.05, 0.1) is 6.20 Å². The summed E-state index contributed by atoms with van der Waals surface area (Å²) in [6.07, 6.45) is 6.82. The number of hydrogen-bond acceptors (Lipinski definition) is 2. The molecule has 1 aromatic heterocycles. The minimum Gasteiger partial charge on any atom is -0.307 e. The summed E-state index contributed by atoms with van der Waals surface area (Å²) < 4.78 is 0. The van der Waals surface area contributed by atoms with Crippen LogP contribution in [0.15, 0.2) is 36.5 Å². The van der Waals surface area contributed by atoms with Crippen LogP contribution in [-0.4, -0.2) is 16.1 Å². The molecular weight excluding hydrogens is 238 g/mol. The number of H-pyrrole nitrogens is 1. The van der Waals surface area contributed by atoms with Gasteiger partial charge in [0.1, 0.15) is 5.82 Å². The van der Waals surface area contributed by atoms with E-state index in [0.29, 0.717) is 17.3 Å². The highest BCUT2D eigenvalue weighted by Crippen LogP contribution is 2.33. The van der Waals surface area contributed by atoms with Crippen LogP contribution < -0.4 is 5.32 Å². The van der Waals surface area contributed by atoms with Gasteiger partial charge in [-0.15, -0.1) is 0 Å². The van der Waals surface area contributed by atoms with E-state index in [1.807, 2.05) is 12.1 Å². The lowest BCUT2D eigenvalue weighted by Gasteiger charge is -2.10. The van der Waals surface area contributed by atoms with Gasteiger partial charge in [-0.1, -0.05) is 25.0 Å². The minimum absolute atomic E-state index is 0.109. The number of rotatable bonds is 3. The monoisotopic (exact) mass is 255 g/mol. The minimum atomic E-state index is -0.109. The molecule has 2 N–H and O–H groups in total. The first-order valence-electron chi connectivity index (χ1n) is 6.73. The molecule has 0 unspecified atom stereocenters. The molecule has 4 heteroatoms. The first kappa shape index (κ1) is 12.0. The lowest BCUT2D eigenvalue weighted by Crippen LogP contribution is -2.12. The lowest BCUT2D eigenvalue weighted by atomic mass is 9.96. The van der Waals surface area contributed by atoms with Crippen molar-refractivity contribution in [2.24, 2.45) is 0 Å². The largest absolute Gasteiger partial charge is 0.307 e. The quantitative estimate of drug-likeness (QED) is 0.883. The van der Waals surface area contributed by atoms with E-state index < -0.39 is 0 Å². The van der Waals surface area contributed by atoms with E-state index in [0.717, 1.165) is 0 Å². The molecule has 0 spiro atoms. The summed E-state index contributed by atoms with van der Waals surface area (Å²) in [6.45, 7) is 0. The van der Waals surface area contributed by atoms with Crippen molar-refractivity contribution in [2.75, 3.05) is 5.32 Å². The van der Waals surface area contributed by atoms with Gasteiger partial charge in [0.2, 0.25) is 0 Å². The molecule has 0 saturated heterocycles.